The predicted molar refractivity (Wildman–Crippen MR) is 66.6 cm³/mol. The van der Waals surface area contributed by atoms with Crippen molar-refractivity contribution in [3.05, 3.63) is 0 Å². The lowest BCUT2D eigenvalue weighted by Crippen LogP contribution is -2.38. The molecule has 0 aromatic rings. The molecule has 0 aromatic carbocycles. The van der Waals surface area contributed by atoms with Gasteiger partial charge in [-0.15, -0.1) is 0 Å². The van der Waals surface area contributed by atoms with Crippen LogP contribution in [0.3, 0.4) is 0 Å². The smallest absolute Gasteiger partial charge is 0.223 e. The Morgan fingerprint density at radius 2 is 2.18 bits per heavy atom. The van der Waals surface area contributed by atoms with Crippen molar-refractivity contribution in [2.24, 2.45) is 0 Å². The fourth-order valence-corrected chi connectivity index (χ4v) is 1.92. The Kier molecular flexibility index (Phi) is 5.97. The topological polar surface area (TPSA) is 61.4 Å². The van der Waals surface area contributed by atoms with Crippen molar-refractivity contribution in [2.75, 3.05) is 26.7 Å². The van der Waals surface area contributed by atoms with E-state index < -0.39 is 0 Å². The number of carbonyl (C=O) groups excluding carboxylic acids is 2. The summed E-state index contributed by atoms with van der Waals surface area (Å²) in [4.78, 5) is 25.0. The van der Waals surface area contributed by atoms with Crippen LogP contribution in [-0.4, -0.2) is 49.4 Å². The molecule has 5 nitrogen and oxygen atoms in total. The number of hydrogen-bond acceptors (Lipinski definition) is 3. The molecule has 1 atom stereocenters. The van der Waals surface area contributed by atoms with Crippen LogP contribution in [0.4, 0.5) is 0 Å². The van der Waals surface area contributed by atoms with Gasteiger partial charge in [0.1, 0.15) is 0 Å². The van der Waals surface area contributed by atoms with E-state index in [0.717, 1.165) is 25.9 Å². The number of amides is 2. The van der Waals surface area contributed by atoms with Gasteiger partial charge in [-0.25, -0.2) is 0 Å². The summed E-state index contributed by atoms with van der Waals surface area (Å²) >= 11 is 0. The summed E-state index contributed by atoms with van der Waals surface area (Å²) in [6.07, 6.45) is 2.53. The van der Waals surface area contributed by atoms with Crippen molar-refractivity contribution < 1.29 is 9.59 Å². The lowest BCUT2D eigenvalue weighted by Gasteiger charge is -2.23. The molecule has 1 aliphatic rings. The van der Waals surface area contributed by atoms with Crippen LogP contribution in [0.1, 0.15) is 32.6 Å². The first-order valence-corrected chi connectivity index (χ1v) is 6.38. The van der Waals surface area contributed by atoms with Crippen molar-refractivity contribution in [3.8, 4) is 0 Å². The van der Waals surface area contributed by atoms with E-state index >= 15 is 0 Å². The van der Waals surface area contributed by atoms with Gasteiger partial charge in [-0.1, -0.05) is 6.92 Å². The van der Waals surface area contributed by atoms with E-state index in [1.165, 1.54) is 0 Å². The van der Waals surface area contributed by atoms with Crippen molar-refractivity contribution in [1.29, 1.82) is 0 Å². The van der Waals surface area contributed by atoms with Crippen LogP contribution in [0.5, 0.6) is 0 Å². The summed E-state index contributed by atoms with van der Waals surface area (Å²) < 4.78 is 0. The van der Waals surface area contributed by atoms with Gasteiger partial charge < -0.3 is 15.5 Å². The van der Waals surface area contributed by atoms with Gasteiger partial charge in [0.15, 0.2) is 0 Å². The molecule has 1 saturated heterocycles. The highest BCUT2D eigenvalue weighted by molar-refractivity contribution is 5.83. The highest BCUT2D eigenvalue weighted by Crippen LogP contribution is 2.08. The first-order chi connectivity index (χ1) is 8.15. The number of rotatable bonds is 6. The number of hydrogen-bond donors (Lipinski definition) is 2. The minimum Gasteiger partial charge on any atom is -0.356 e. The SMILES string of the molecule is CCCNC(=O)CCC(=O)N(C)C1CCNC1. The summed E-state index contributed by atoms with van der Waals surface area (Å²) in [5, 5.41) is 6.00. The maximum atomic E-state index is 11.8. The minimum absolute atomic E-state index is 0.0295. The fraction of sp³-hybridized carbons (Fsp3) is 0.833. The molecule has 98 valence electrons. The van der Waals surface area contributed by atoms with Gasteiger partial charge in [0, 0.05) is 39.0 Å². The molecule has 2 amide bonds. The maximum Gasteiger partial charge on any atom is 0.223 e. The number of nitrogens with zero attached hydrogens (tertiary/aromatic N) is 1. The molecular formula is C12H23N3O2. The lowest BCUT2D eigenvalue weighted by atomic mass is 10.2. The van der Waals surface area contributed by atoms with Crippen LogP contribution in [-0.2, 0) is 9.59 Å². The van der Waals surface area contributed by atoms with Gasteiger partial charge in [0.05, 0.1) is 0 Å². The molecule has 1 fully saturated rings. The summed E-state index contributed by atoms with van der Waals surface area (Å²) in [6, 6.07) is 0.293. The third-order valence-corrected chi connectivity index (χ3v) is 3.11. The molecule has 5 heteroatoms. The largest absolute Gasteiger partial charge is 0.356 e. The average Bonchev–Trinajstić information content (AvgIpc) is 2.86. The summed E-state index contributed by atoms with van der Waals surface area (Å²) in [5.41, 5.74) is 0. The van der Waals surface area contributed by atoms with Gasteiger partial charge in [0.25, 0.3) is 0 Å². The minimum atomic E-state index is -0.0295. The Hall–Kier alpha value is -1.10. The van der Waals surface area contributed by atoms with E-state index in [1.54, 1.807) is 4.90 Å². The van der Waals surface area contributed by atoms with E-state index in [-0.39, 0.29) is 11.8 Å². The highest BCUT2D eigenvalue weighted by Gasteiger charge is 2.23. The van der Waals surface area contributed by atoms with Crippen molar-refractivity contribution >= 4 is 11.8 Å². The lowest BCUT2D eigenvalue weighted by molar-refractivity contribution is -0.134. The normalized spacial score (nSPS) is 19.1. The van der Waals surface area contributed by atoms with E-state index in [2.05, 4.69) is 10.6 Å². The predicted octanol–water partition coefficient (Wildman–Crippen LogP) is 0.113. The van der Waals surface area contributed by atoms with E-state index in [4.69, 9.17) is 0 Å². The summed E-state index contributed by atoms with van der Waals surface area (Å²) in [7, 11) is 1.82. The van der Waals surface area contributed by atoms with Crippen LogP contribution < -0.4 is 10.6 Å². The molecule has 0 aromatic heterocycles. The Morgan fingerprint density at radius 1 is 1.41 bits per heavy atom. The first-order valence-electron chi connectivity index (χ1n) is 6.38. The molecule has 0 aliphatic carbocycles. The van der Waals surface area contributed by atoms with Crippen molar-refractivity contribution in [3.63, 3.8) is 0 Å². The Balaban J connectivity index is 2.21. The van der Waals surface area contributed by atoms with Crippen LogP contribution in [0.25, 0.3) is 0 Å². The third-order valence-electron chi connectivity index (χ3n) is 3.11. The Morgan fingerprint density at radius 3 is 2.76 bits per heavy atom. The summed E-state index contributed by atoms with van der Waals surface area (Å²) in [6.45, 7) is 4.53. The molecule has 2 N–H and O–H groups in total. The number of likely N-dealkylation sites (N-methyl/N-ethyl adjacent to an activating group) is 1. The fourth-order valence-electron chi connectivity index (χ4n) is 1.92. The molecule has 17 heavy (non-hydrogen) atoms. The van der Waals surface area contributed by atoms with Gasteiger partial charge >= 0.3 is 0 Å². The van der Waals surface area contributed by atoms with Gasteiger partial charge in [-0.2, -0.15) is 0 Å². The van der Waals surface area contributed by atoms with Crippen LogP contribution in [0.2, 0.25) is 0 Å². The third kappa shape index (κ3) is 4.73. The zero-order valence-electron chi connectivity index (χ0n) is 10.8. The second-order valence-corrected chi connectivity index (χ2v) is 4.50. The molecule has 0 radical (unpaired) electrons. The standard InChI is InChI=1S/C12H23N3O2/c1-3-7-14-11(16)4-5-12(17)15(2)10-6-8-13-9-10/h10,13H,3-9H2,1-2H3,(H,14,16). The van der Waals surface area contributed by atoms with Crippen molar-refractivity contribution in [2.45, 2.75) is 38.6 Å². The van der Waals surface area contributed by atoms with Gasteiger partial charge in [0.2, 0.25) is 11.8 Å². The molecule has 0 saturated carbocycles. The zero-order chi connectivity index (χ0) is 12.7. The first kappa shape index (κ1) is 14.0. The van der Waals surface area contributed by atoms with Crippen LogP contribution in [0.15, 0.2) is 0 Å². The van der Waals surface area contributed by atoms with Gasteiger partial charge in [-0.05, 0) is 19.4 Å². The Labute approximate surface area is 103 Å². The number of carbonyl (C=O) groups is 2. The van der Waals surface area contributed by atoms with Crippen LogP contribution in [0, 0.1) is 0 Å². The second-order valence-electron chi connectivity index (χ2n) is 4.50. The monoisotopic (exact) mass is 241 g/mol. The van der Waals surface area contributed by atoms with E-state index in [9.17, 15) is 9.59 Å². The molecule has 1 unspecified atom stereocenters. The maximum absolute atomic E-state index is 11.8. The highest BCUT2D eigenvalue weighted by atomic mass is 16.2. The number of nitrogens with one attached hydrogen (secondary N) is 2. The zero-order valence-corrected chi connectivity index (χ0v) is 10.8. The van der Waals surface area contributed by atoms with E-state index in [1.807, 2.05) is 14.0 Å². The molecule has 1 aliphatic heterocycles. The van der Waals surface area contributed by atoms with Crippen molar-refractivity contribution in [1.82, 2.24) is 15.5 Å². The van der Waals surface area contributed by atoms with E-state index in [0.29, 0.717) is 25.4 Å². The Bertz CT molecular complexity index is 262. The van der Waals surface area contributed by atoms with Crippen LogP contribution >= 0.6 is 0 Å². The second kappa shape index (κ2) is 7.27. The molecular weight excluding hydrogens is 218 g/mol. The quantitative estimate of drug-likeness (QED) is 0.694. The molecule has 0 bridgehead atoms. The summed E-state index contributed by atoms with van der Waals surface area (Å²) in [5.74, 6) is 0.0310. The van der Waals surface area contributed by atoms with Gasteiger partial charge in [-0.3, -0.25) is 9.59 Å². The molecule has 1 rings (SSSR count). The average molecular weight is 241 g/mol. The molecule has 1 heterocycles. The molecule has 0 spiro atoms.